The van der Waals surface area contributed by atoms with Gasteiger partial charge in [0.05, 0.1) is 42.3 Å². The number of nitrogens with zero attached hydrogens (tertiary/aromatic N) is 4. The van der Waals surface area contributed by atoms with Crippen molar-refractivity contribution in [2.24, 2.45) is 5.41 Å². The number of likely N-dealkylation sites (tertiary alicyclic amines) is 2. The highest BCUT2D eigenvalue weighted by atomic mass is 19.4. The standard InChI is InChI=1S/C39H37F3N6O2/c40-39(41,42)38(18-19-38)37(50)48-21-5-9-33(48)36-44-24-31(46-36)29-16-12-27(13-17-29)26-10-14-28(15-11-26)30-23-43-35(45-30)32-8-4-20-47(32)34(49)22-25-6-2-1-3-7-25/h1-3,6-7,10-17,23-24,32-33H,4-5,8-9,18-22H2,(H,43,45)(H,44,46)/t32-,33-/m0/s1. The van der Waals surface area contributed by atoms with Crippen LogP contribution in [0.5, 0.6) is 0 Å². The molecule has 3 aromatic carbocycles. The fraction of sp³-hybridized carbons (Fsp3) is 0.333. The second-order valence-corrected chi connectivity index (χ2v) is 13.7. The van der Waals surface area contributed by atoms with Gasteiger partial charge in [-0.15, -0.1) is 0 Å². The van der Waals surface area contributed by atoms with Crippen molar-refractivity contribution in [2.75, 3.05) is 13.1 Å². The summed E-state index contributed by atoms with van der Waals surface area (Å²) in [6.45, 7) is 1.04. The van der Waals surface area contributed by atoms with E-state index in [1.54, 1.807) is 6.20 Å². The maximum absolute atomic E-state index is 13.7. The maximum atomic E-state index is 13.7. The van der Waals surface area contributed by atoms with Crippen molar-refractivity contribution in [3.8, 4) is 33.6 Å². The molecule has 2 atom stereocenters. The molecule has 50 heavy (non-hydrogen) atoms. The zero-order chi connectivity index (χ0) is 34.5. The van der Waals surface area contributed by atoms with Crippen LogP contribution in [-0.2, 0) is 16.0 Å². The Morgan fingerprint density at radius 2 is 1.18 bits per heavy atom. The zero-order valence-electron chi connectivity index (χ0n) is 27.4. The van der Waals surface area contributed by atoms with Crippen LogP contribution in [0.2, 0.25) is 0 Å². The molecule has 1 saturated carbocycles. The van der Waals surface area contributed by atoms with Gasteiger partial charge in [-0.05, 0) is 66.3 Å². The average molecular weight is 679 g/mol. The van der Waals surface area contributed by atoms with E-state index in [2.05, 4.69) is 32.1 Å². The lowest BCUT2D eigenvalue weighted by atomic mass is 10.0. The summed E-state index contributed by atoms with van der Waals surface area (Å²) in [4.78, 5) is 45.4. The Labute approximate surface area is 287 Å². The SMILES string of the molecule is O=C(Cc1ccccc1)N1CCC[C@H]1c1ncc(-c2ccc(-c3ccc(-c4cnc([C@@H]5CCCN5C(=O)C5(C(F)(F)F)CC5)[nH]4)cc3)cc2)[nH]1. The molecule has 8 rings (SSSR count). The average Bonchev–Trinajstić information content (AvgIpc) is 3.63. The molecule has 0 bridgehead atoms. The lowest BCUT2D eigenvalue weighted by Crippen LogP contribution is -2.44. The van der Waals surface area contributed by atoms with E-state index in [0.717, 1.165) is 64.4 Å². The van der Waals surface area contributed by atoms with Gasteiger partial charge in [0, 0.05) is 13.1 Å². The summed E-state index contributed by atoms with van der Waals surface area (Å²) in [6, 6.07) is 25.5. The van der Waals surface area contributed by atoms with E-state index in [1.165, 1.54) is 4.90 Å². The number of aromatic nitrogens is 4. The highest BCUT2D eigenvalue weighted by Crippen LogP contribution is 2.59. The van der Waals surface area contributed by atoms with E-state index in [0.29, 0.717) is 31.6 Å². The summed E-state index contributed by atoms with van der Waals surface area (Å²) < 4.78 is 41.0. The topological polar surface area (TPSA) is 98.0 Å². The number of imidazole rings is 2. The molecule has 8 nitrogen and oxygen atoms in total. The Morgan fingerprint density at radius 3 is 1.68 bits per heavy atom. The molecule has 4 heterocycles. The van der Waals surface area contributed by atoms with Gasteiger partial charge < -0.3 is 19.8 Å². The fourth-order valence-corrected chi connectivity index (χ4v) is 7.52. The maximum Gasteiger partial charge on any atom is 0.403 e. The van der Waals surface area contributed by atoms with Crippen LogP contribution in [0.1, 0.15) is 67.8 Å². The molecule has 2 aromatic heterocycles. The molecule has 2 N–H and O–H groups in total. The predicted octanol–water partition coefficient (Wildman–Crippen LogP) is 8.05. The minimum Gasteiger partial charge on any atom is -0.340 e. The normalized spacial score (nSPS) is 20.0. The van der Waals surface area contributed by atoms with Crippen molar-refractivity contribution >= 4 is 11.8 Å². The number of hydrogen-bond donors (Lipinski definition) is 2. The molecular formula is C39H37F3N6O2. The molecule has 3 fully saturated rings. The molecule has 2 amide bonds. The number of benzene rings is 3. The second-order valence-electron chi connectivity index (χ2n) is 13.7. The van der Waals surface area contributed by atoms with E-state index < -0.39 is 23.5 Å². The summed E-state index contributed by atoms with van der Waals surface area (Å²) in [5.74, 6) is 0.620. The smallest absolute Gasteiger partial charge is 0.340 e. The van der Waals surface area contributed by atoms with Crippen LogP contribution in [0.25, 0.3) is 33.6 Å². The van der Waals surface area contributed by atoms with Gasteiger partial charge in [0.2, 0.25) is 11.8 Å². The van der Waals surface area contributed by atoms with Crippen LogP contribution >= 0.6 is 0 Å². The van der Waals surface area contributed by atoms with Crippen molar-refractivity contribution in [3.05, 3.63) is 108 Å². The Morgan fingerprint density at radius 1 is 0.700 bits per heavy atom. The van der Waals surface area contributed by atoms with E-state index >= 15 is 0 Å². The summed E-state index contributed by atoms with van der Waals surface area (Å²) in [7, 11) is 0. The lowest BCUT2D eigenvalue weighted by Gasteiger charge is -2.29. The molecule has 5 aromatic rings. The third-order valence-corrected chi connectivity index (χ3v) is 10.5. The van der Waals surface area contributed by atoms with Crippen LogP contribution in [0.3, 0.4) is 0 Å². The highest BCUT2D eigenvalue weighted by Gasteiger charge is 2.70. The molecular weight excluding hydrogens is 641 g/mol. The third kappa shape index (κ3) is 5.88. The minimum absolute atomic E-state index is 0.0625. The third-order valence-electron chi connectivity index (χ3n) is 10.5. The lowest BCUT2D eigenvalue weighted by molar-refractivity contribution is -0.199. The molecule has 2 aliphatic heterocycles. The van der Waals surface area contributed by atoms with Crippen LogP contribution in [0.4, 0.5) is 13.2 Å². The quantitative estimate of drug-likeness (QED) is 0.174. The second kappa shape index (κ2) is 12.6. The van der Waals surface area contributed by atoms with Gasteiger partial charge in [0.1, 0.15) is 17.1 Å². The summed E-state index contributed by atoms with van der Waals surface area (Å²) in [6.07, 6.45) is 2.13. The number of rotatable bonds is 8. The van der Waals surface area contributed by atoms with E-state index in [-0.39, 0.29) is 24.8 Å². The Balaban J connectivity index is 0.922. The molecule has 3 aliphatic rings. The predicted molar refractivity (Wildman–Crippen MR) is 182 cm³/mol. The van der Waals surface area contributed by atoms with Crippen molar-refractivity contribution in [3.63, 3.8) is 0 Å². The molecule has 11 heteroatoms. The molecule has 256 valence electrons. The highest BCUT2D eigenvalue weighted by molar-refractivity contribution is 5.87. The number of alkyl halides is 3. The number of nitrogens with one attached hydrogen (secondary N) is 2. The van der Waals surface area contributed by atoms with Gasteiger partial charge in [0.15, 0.2) is 0 Å². The monoisotopic (exact) mass is 678 g/mol. The molecule has 0 unspecified atom stereocenters. The first kappa shape index (κ1) is 32.0. The number of carbonyl (C=O) groups excluding carboxylic acids is 2. The fourth-order valence-electron chi connectivity index (χ4n) is 7.52. The van der Waals surface area contributed by atoms with Crippen LogP contribution in [-0.4, -0.2) is 60.8 Å². The first-order chi connectivity index (χ1) is 24.2. The first-order valence-corrected chi connectivity index (χ1v) is 17.2. The number of amides is 2. The first-order valence-electron chi connectivity index (χ1n) is 17.2. The Kier molecular flexibility index (Phi) is 8.08. The molecule has 0 radical (unpaired) electrons. The van der Waals surface area contributed by atoms with Gasteiger partial charge >= 0.3 is 6.18 Å². The summed E-state index contributed by atoms with van der Waals surface area (Å²) >= 11 is 0. The van der Waals surface area contributed by atoms with Crippen LogP contribution in [0.15, 0.2) is 91.3 Å². The number of aromatic amines is 2. The zero-order valence-corrected chi connectivity index (χ0v) is 27.4. The van der Waals surface area contributed by atoms with Gasteiger partial charge in [0.25, 0.3) is 0 Å². The van der Waals surface area contributed by atoms with E-state index in [1.807, 2.05) is 77.8 Å². The number of halogens is 3. The van der Waals surface area contributed by atoms with Gasteiger partial charge in [-0.2, -0.15) is 13.2 Å². The van der Waals surface area contributed by atoms with Crippen LogP contribution < -0.4 is 0 Å². The summed E-state index contributed by atoms with van der Waals surface area (Å²) in [5, 5.41) is 0. The molecule has 1 aliphatic carbocycles. The van der Waals surface area contributed by atoms with E-state index in [4.69, 9.17) is 0 Å². The van der Waals surface area contributed by atoms with Gasteiger partial charge in [-0.1, -0.05) is 78.9 Å². The van der Waals surface area contributed by atoms with Crippen molar-refractivity contribution in [1.29, 1.82) is 0 Å². The van der Waals surface area contributed by atoms with Crippen molar-refractivity contribution in [1.82, 2.24) is 29.7 Å². The Bertz CT molecular complexity index is 2000. The van der Waals surface area contributed by atoms with Crippen molar-refractivity contribution in [2.45, 2.75) is 63.2 Å². The Hall–Kier alpha value is -5.19. The number of hydrogen-bond acceptors (Lipinski definition) is 4. The molecule has 2 saturated heterocycles. The minimum atomic E-state index is -4.53. The number of carbonyl (C=O) groups is 2. The van der Waals surface area contributed by atoms with Crippen LogP contribution in [0, 0.1) is 5.41 Å². The molecule has 0 spiro atoms. The number of H-pyrrole nitrogens is 2. The summed E-state index contributed by atoms with van der Waals surface area (Å²) in [5.41, 5.74) is 4.38. The van der Waals surface area contributed by atoms with Gasteiger partial charge in [-0.25, -0.2) is 9.97 Å². The largest absolute Gasteiger partial charge is 0.403 e. The van der Waals surface area contributed by atoms with E-state index in [9.17, 15) is 22.8 Å². The van der Waals surface area contributed by atoms with Gasteiger partial charge in [-0.3, -0.25) is 9.59 Å². The van der Waals surface area contributed by atoms with Crippen molar-refractivity contribution < 1.29 is 22.8 Å².